The van der Waals surface area contributed by atoms with E-state index in [1.165, 1.54) is 4.31 Å². The molecule has 0 bridgehead atoms. The number of ether oxygens (including phenoxy) is 1. The predicted molar refractivity (Wildman–Crippen MR) is 131 cm³/mol. The average molecular weight is 498 g/mol. The van der Waals surface area contributed by atoms with E-state index >= 15 is 0 Å². The van der Waals surface area contributed by atoms with Gasteiger partial charge in [0.1, 0.15) is 0 Å². The van der Waals surface area contributed by atoms with E-state index in [1.807, 2.05) is 64.1 Å². The molecule has 0 radical (unpaired) electrons. The lowest BCUT2D eigenvalue weighted by Gasteiger charge is -2.31. The lowest BCUT2D eigenvalue weighted by molar-refractivity contribution is -0.156. The van der Waals surface area contributed by atoms with Gasteiger partial charge in [0.2, 0.25) is 15.9 Å². The van der Waals surface area contributed by atoms with Crippen molar-refractivity contribution in [1.29, 1.82) is 0 Å². The fourth-order valence-electron chi connectivity index (χ4n) is 4.57. The molecule has 8 nitrogen and oxygen atoms in total. The van der Waals surface area contributed by atoms with Crippen LogP contribution in [0, 0.1) is 33.6 Å². The van der Waals surface area contributed by atoms with Crippen molar-refractivity contribution in [3.05, 3.63) is 64.5 Å². The first kappa shape index (κ1) is 25.1. The van der Waals surface area contributed by atoms with Crippen LogP contribution in [0.15, 0.2) is 45.7 Å². The van der Waals surface area contributed by atoms with Gasteiger partial charge in [0.25, 0.3) is 5.89 Å². The molecule has 1 atom stereocenters. The summed E-state index contributed by atoms with van der Waals surface area (Å²) in [4.78, 5) is 13.1. The number of nitrogens with zero attached hydrogens (tertiary/aromatic N) is 3. The number of carbonyl (C=O) groups excluding carboxylic acids is 1. The summed E-state index contributed by atoms with van der Waals surface area (Å²) in [5.74, 6) is -0.182. The molecule has 186 valence electrons. The minimum atomic E-state index is -3.63. The number of sulfonamides is 1. The molecular formula is C26H31N3O5S. The van der Waals surface area contributed by atoms with Crippen molar-refractivity contribution in [1.82, 2.24) is 14.5 Å². The smallest absolute Gasteiger partial charge is 0.309 e. The number of aryl methyl sites for hydroxylation is 4. The average Bonchev–Trinajstić information content (AvgIpc) is 3.29. The summed E-state index contributed by atoms with van der Waals surface area (Å²) in [5.41, 5.74) is 4.42. The van der Waals surface area contributed by atoms with E-state index in [2.05, 4.69) is 10.2 Å². The number of hydrogen-bond acceptors (Lipinski definition) is 7. The van der Waals surface area contributed by atoms with Crippen molar-refractivity contribution in [2.45, 2.75) is 58.5 Å². The molecule has 0 aliphatic carbocycles. The Bertz CT molecular complexity index is 1300. The number of esters is 1. The van der Waals surface area contributed by atoms with E-state index < -0.39 is 16.1 Å². The van der Waals surface area contributed by atoms with Gasteiger partial charge in [-0.3, -0.25) is 4.79 Å². The number of piperidine rings is 1. The Hall–Kier alpha value is -3.04. The lowest BCUT2D eigenvalue weighted by Crippen LogP contribution is -2.41. The fraction of sp³-hybridized carbons (Fsp3) is 0.423. The first-order chi connectivity index (χ1) is 16.6. The molecular weight excluding hydrogens is 466 g/mol. The van der Waals surface area contributed by atoms with Crippen LogP contribution in [0.25, 0.3) is 11.5 Å². The normalized spacial score (nSPS) is 16.3. The molecule has 1 fully saturated rings. The summed E-state index contributed by atoms with van der Waals surface area (Å²) in [5, 5.41) is 8.09. The van der Waals surface area contributed by atoms with Crippen LogP contribution in [0.4, 0.5) is 0 Å². The Morgan fingerprint density at radius 2 is 1.60 bits per heavy atom. The molecule has 0 saturated carbocycles. The first-order valence-corrected chi connectivity index (χ1v) is 13.2. The molecule has 4 rings (SSSR count). The molecule has 1 unspecified atom stereocenters. The molecule has 1 aliphatic heterocycles. The Labute approximate surface area is 206 Å². The number of hydrogen-bond donors (Lipinski definition) is 0. The van der Waals surface area contributed by atoms with Crippen LogP contribution in [-0.2, 0) is 19.6 Å². The number of rotatable bonds is 6. The third-order valence-electron chi connectivity index (χ3n) is 6.37. The van der Waals surface area contributed by atoms with Crippen LogP contribution in [-0.4, -0.2) is 42.0 Å². The van der Waals surface area contributed by atoms with Crippen LogP contribution >= 0.6 is 0 Å². The van der Waals surface area contributed by atoms with Gasteiger partial charge in [0.05, 0.1) is 10.8 Å². The summed E-state index contributed by atoms with van der Waals surface area (Å²) in [6, 6.07) is 11.5. The molecule has 0 amide bonds. The summed E-state index contributed by atoms with van der Waals surface area (Å²) >= 11 is 0. The standard InChI is InChI=1S/C26H31N3O5S/c1-16-6-8-21(9-7-16)25-28-27-24(34-25)20(5)33-26(30)22-10-12-29(13-11-22)35(31,32)23-18(3)14-17(2)15-19(23)4/h6-9,14-15,20,22H,10-13H2,1-5H3. The van der Waals surface area contributed by atoms with Crippen LogP contribution in [0.2, 0.25) is 0 Å². The Morgan fingerprint density at radius 3 is 2.20 bits per heavy atom. The van der Waals surface area contributed by atoms with E-state index in [0.29, 0.717) is 23.6 Å². The lowest BCUT2D eigenvalue weighted by atomic mass is 9.98. The van der Waals surface area contributed by atoms with Gasteiger partial charge in [-0.15, -0.1) is 10.2 Å². The van der Waals surface area contributed by atoms with Crippen LogP contribution < -0.4 is 0 Å². The molecule has 1 aromatic heterocycles. The maximum Gasteiger partial charge on any atom is 0.309 e. The number of aromatic nitrogens is 2. The van der Waals surface area contributed by atoms with Crippen LogP contribution in [0.3, 0.4) is 0 Å². The highest BCUT2D eigenvalue weighted by Crippen LogP contribution is 2.30. The molecule has 2 heterocycles. The van der Waals surface area contributed by atoms with Crippen molar-refractivity contribution in [2.24, 2.45) is 5.92 Å². The third-order valence-corrected chi connectivity index (χ3v) is 8.57. The van der Waals surface area contributed by atoms with Gasteiger partial charge in [0, 0.05) is 18.7 Å². The summed E-state index contributed by atoms with van der Waals surface area (Å²) in [6.07, 6.45) is 0.0919. The molecule has 3 aromatic rings. The second-order valence-electron chi connectivity index (χ2n) is 9.30. The molecule has 35 heavy (non-hydrogen) atoms. The predicted octanol–water partition coefficient (Wildman–Crippen LogP) is 4.68. The summed E-state index contributed by atoms with van der Waals surface area (Å²) in [7, 11) is -3.63. The van der Waals surface area contributed by atoms with Crippen molar-refractivity contribution in [2.75, 3.05) is 13.1 Å². The van der Waals surface area contributed by atoms with E-state index in [9.17, 15) is 13.2 Å². The van der Waals surface area contributed by atoms with Gasteiger partial charge in [-0.05, 0) is 70.7 Å². The highest BCUT2D eigenvalue weighted by atomic mass is 32.2. The van der Waals surface area contributed by atoms with Gasteiger partial charge < -0.3 is 9.15 Å². The van der Waals surface area contributed by atoms with Crippen molar-refractivity contribution >= 4 is 16.0 Å². The van der Waals surface area contributed by atoms with Gasteiger partial charge in [0.15, 0.2) is 6.10 Å². The van der Waals surface area contributed by atoms with Crippen LogP contribution in [0.5, 0.6) is 0 Å². The van der Waals surface area contributed by atoms with Gasteiger partial charge >= 0.3 is 5.97 Å². The van der Waals surface area contributed by atoms with Crippen LogP contribution in [0.1, 0.15) is 54.0 Å². The van der Waals surface area contributed by atoms with Gasteiger partial charge in [-0.2, -0.15) is 4.31 Å². The fourth-order valence-corrected chi connectivity index (χ4v) is 6.45. The zero-order chi connectivity index (χ0) is 25.3. The number of benzene rings is 2. The molecule has 0 N–H and O–H groups in total. The summed E-state index contributed by atoms with van der Waals surface area (Å²) in [6.45, 7) is 9.80. The van der Waals surface area contributed by atoms with E-state index in [1.54, 1.807) is 6.92 Å². The van der Waals surface area contributed by atoms with Gasteiger partial charge in [-0.25, -0.2) is 8.42 Å². The van der Waals surface area contributed by atoms with Crippen molar-refractivity contribution < 1.29 is 22.4 Å². The quantitative estimate of drug-likeness (QED) is 0.456. The number of carbonyl (C=O) groups is 1. The Morgan fingerprint density at radius 1 is 1.00 bits per heavy atom. The SMILES string of the molecule is Cc1ccc(-c2nnc(C(C)OC(=O)C3CCN(S(=O)(=O)c4c(C)cc(C)cc4C)CC3)o2)cc1. The van der Waals surface area contributed by atoms with Crippen molar-refractivity contribution in [3.63, 3.8) is 0 Å². The maximum absolute atomic E-state index is 13.3. The highest BCUT2D eigenvalue weighted by Gasteiger charge is 2.35. The molecule has 2 aromatic carbocycles. The molecule has 0 spiro atoms. The second-order valence-corrected chi connectivity index (χ2v) is 11.2. The maximum atomic E-state index is 13.3. The molecule has 1 aliphatic rings. The van der Waals surface area contributed by atoms with Gasteiger partial charge in [-0.1, -0.05) is 35.4 Å². The van der Waals surface area contributed by atoms with Crippen molar-refractivity contribution in [3.8, 4) is 11.5 Å². The first-order valence-electron chi connectivity index (χ1n) is 11.7. The van der Waals surface area contributed by atoms with E-state index in [-0.39, 0.29) is 30.9 Å². The minimum absolute atomic E-state index is 0.222. The highest BCUT2D eigenvalue weighted by molar-refractivity contribution is 7.89. The Balaban J connectivity index is 1.37. The second kappa shape index (κ2) is 9.91. The van der Waals surface area contributed by atoms with E-state index in [0.717, 1.165) is 27.8 Å². The Kier molecular flexibility index (Phi) is 7.10. The third kappa shape index (κ3) is 5.31. The summed E-state index contributed by atoms with van der Waals surface area (Å²) < 4.78 is 39.4. The van der Waals surface area contributed by atoms with E-state index in [4.69, 9.17) is 9.15 Å². The minimum Gasteiger partial charge on any atom is -0.452 e. The molecule has 1 saturated heterocycles. The molecule has 9 heteroatoms. The zero-order valence-corrected chi connectivity index (χ0v) is 21.6. The zero-order valence-electron chi connectivity index (χ0n) is 20.7. The largest absolute Gasteiger partial charge is 0.452 e. The topological polar surface area (TPSA) is 103 Å². The monoisotopic (exact) mass is 497 g/mol.